The lowest BCUT2D eigenvalue weighted by Gasteiger charge is -2.26. The number of pyridine rings is 2. The largest absolute Gasteiger partial charge is 0.484 e. The van der Waals surface area contributed by atoms with Gasteiger partial charge in [-0.05, 0) is 72.7 Å². The maximum absolute atomic E-state index is 6.81. The first-order valence-corrected chi connectivity index (χ1v) is 20.4. The first-order chi connectivity index (χ1) is 29.6. The molecule has 0 amide bonds. The number of rotatable bonds is 4. The van der Waals surface area contributed by atoms with E-state index in [1.165, 1.54) is 5.56 Å². The summed E-state index contributed by atoms with van der Waals surface area (Å²) in [6.07, 6.45) is 8.56. The Kier molecular flexibility index (Phi) is 6.85. The first-order valence-electron chi connectivity index (χ1n) is 20.4. The molecule has 0 N–H and O–H groups in total. The van der Waals surface area contributed by atoms with Crippen LogP contribution in [0.2, 0.25) is 0 Å². The lowest BCUT2D eigenvalue weighted by atomic mass is 9.76. The van der Waals surface area contributed by atoms with E-state index in [-0.39, 0.29) is 11.5 Å². The average Bonchev–Trinajstić information content (AvgIpc) is 3.97. The molecule has 7 aromatic carbocycles. The number of hydrogen-bond acceptors (Lipinski definition) is 5. The third-order valence-corrected chi connectivity index (χ3v) is 12.7. The Labute approximate surface area is 344 Å². The van der Waals surface area contributed by atoms with Crippen molar-refractivity contribution < 1.29 is 13.6 Å². The molecular weight excluding hydrogens is 737 g/mol. The number of fused-ring (bicyclic) bond motifs is 12. The highest BCUT2D eigenvalue weighted by molar-refractivity contribution is 6.11. The van der Waals surface area contributed by atoms with Gasteiger partial charge in [-0.2, -0.15) is 0 Å². The molecule has 13 rings (SSSR count). The van der Waals surface area contributed by atoms with Crippen LogP contribution in [-0.2, 0) is 5.41 Å². The molecule has 11 aromatic rings. The van der Waals surface area contributed by atoms with E-state index in [1.807, 2.05) is 30.3 Å². The number of furan rings is 2. The Morgan fingerprint density at radius 1 is 0.483 bits per heavy atom. The van der Waals surface area contributed by atoms with Gasteiger partial charge < -0.3 is 13.6 Å². The van der Waals surface area contributed by atoms with Crippen LogP contribution in [0.25, 0.3) is 110 Å². The highest BCUT2D eigenvalue weighted by atomic mass is 16.5. The summed E-state index contributed by atoms with van der Waals surface area (Å²) in [4.78, 5) is 10.8. The lowest BCUT2D eigenvalue weighted by Crippen LogP contribution is -2.32. The lowest BCUT2D eigenvalue weighted by molar-refractivity contribution is 0.228. The van der Waals surface area contributed by atoms with Gasteiger partial charge in [0.2, 0.25) is 0 Å². The van der Waals surface area contributed by atoms with Gasteiger partial charge in [0.25, 0.3) is 0 Å². The van der Waals surface area contributed by atoms with Crippen LogP contribution >= 0.6 is 0 Å². The van der Waals surface area contributed by atoms with Crippen LogP contribution in [0, 0.1) is 0 Å². The third-order valence-electron chi connectivity index (χ3n) is 12.7. The van der Waals surface area contributed by atoms with Gasteiger partial charge in [-0.3, -0.25) is 0 Å². The average molecular weight is 771 g/mol. The van der Waals surface area contributed by atoms with Crippen molar-refractivity contribution in [2.45, 2.75) is 18.4 Å². The van der Waals surface area contributed by atoms with Gasteiger partial charge in [-0.25, -0.2) is 9.97 Å². The molecule has 1 aliphatic carbocycles. The first kappa shape index (κ1) is 33.2. The predicted molar refractivity (Wildman–Crippen MR) is 243 cm³/mol. The molecule has 2 atom stereocenters. The smallest absolute Gasteiger partial charge is 0.144 e. The summed E-state index contributed by atoms with van der Waals surface area (Å²) >= 11 is 0. The maximum Gasteiger partial charge on any atom is 0.144 e. The number of benzene rings is 7. The van der Waals surface area contributed by atoms with Crippen molar-refractivity contribution in [3.63, 3.8) is 0 Å². The molecule has 0 fully saturated rings. The maximum atomic E-state index is 6.81. The van der Waals surface area contributed by atoms with E-state index in [9.17, 15) is 0 Å². The van der Waals surface area contributed by atoms with Gasteiger partial charge in [0.1, 0.15) is 34.2 Å². The summed E-state index contributed by atoms with van der Waals surface area (Å²) in [5.41, 5.74) is 13.8. The molecule has 2 unspecified atom stereocenters. The van der Waals surface area contributed by atoms with Crippen LogP contribution in [-0.4, -0.2) is 16.1 Å². The molecule has 0 spiro atoms. The SMILES string of the molecule is CC12C=CC=CC1Oc1c(-c3cc(-c4ccc5ccc6ccc(-c7cccc8c7oc7ccccc78)nc6c5n4)cc(-c4cccc5c4oc4ccccc45)c3)cccc12. The van der Waals surface area contributed by atoms with Crippen LogP contribution in [0.3, 0.4) is 0 Å². The molecule has 0 bridgehead atoms. The quantitative estimate of drug-likeness (QED) is 0.167. The number of allylic oxidation sites excluding steroid dienone is 2. The van der Waals surface area contributed by atoms with E-state index in [4.69, 9.17) is 23.5 Å². The molecule has 5 heterocycles. The zero-order chi connectivity index (χ0) is 39.5. The van der Waals surface area contributed by atoms with E-state index in [2.05, 4.69) is 159 Å². The van der Waals surface area contributed by atoms with Crippen molar-refractivity contribution >= 4 is 65.7 Å². The van der Waals surface area contributed by atoms with Crippen molar-refractivity contribution in [3.05, 3.63) is 188 Å². The summed E-state index contributed by atoms with van der Waals surface area (Å²) in [5, 5.41) is 6.40. The molecule has 2 aliphatic rings. The van der Waals surface area contributed by atoms with Crippen LogP contribution in [0.1, 0.15) is 12.5 Å². The highest BCUT2D eigenvalue weighted by Gasteiger charge is 2.44. The fraction of sp³-hybridized carbons (Fsp3) is 0.0545. The molecule has 0 radical (unpaired) electrons. The van der Waals surface area contributed by atoms with Gasteiger partial charge in [-0.15, -0.1) is 0 Å². The van der Waals surface area contributed by atoms with Gasteiger partial charge in [-0.1, -0.05) is 127 Å². The van der Waals surface area contributed by atoms with Crippen molar-refractivity contribution in [1.82, 2.24) is 9.97 Å². The molecule has 282 valence electrons. The van der Waals surface area contributed by atoms with Crippen molar-refractivity contribution in [1.29, 1.82) is 0 Å². The van der Waals surface area contributed by atoms with Crippen molar-refractivity contribution in [2.24, 2.45) is 0 Å². The molecule has 5 heteroatoms. The minimum Gasteiger partial charge on any atom is -0.484 e. The molecule has 0 saturated heterocycles. The third kappa shape index (κ3) is 4.80. The van der Waals surface area contributed by atoms with Crippen LogP contribution < -0.4 is 4.74 Å². The summed E-state index contributed by atoms with van der Waals surface area (Å²) < 4.78 is 19.9. The van der Waals surface area contributed by atoms with E-state index < -0.39 is 0 Å². The highest BCUT2D eigenvalue weighted by Crippen LogP contribution is 2.51. The Hall–Kier alpha value is -7.76. The summed E-state index contributed by atoms with van der Waals surface area (Å²) in [6, 6.07) is 55.2. The van der Waals surface area contributed by atoms with Gasteiger partial charge in [0, 0.05) is 60.1 Å². The Morgan fingerprint density at radius 3 is 1.77 bits per heavy atom. The fourth-order valence-electron chi connectivity index (χ4n) is 9.65. The van der Waals surface area contributed by atoms with E-state index in [1.54, 1.807) is 0 Å². The van der Waals surface area contributed by atoms with E-state index >= 15 is 0 Å². The van der Waals surface area contributed by atoms with Crippen LogP contribution in [0.4, 0.5) is 0 Å². The van der Waals surface area contributed by atoms with Gasteiger partial charge >= 0.3 is 0 Å². The molecule has 1 aliphatic heterocycles. The van der Waals surface area contributed by atoms with Crippen molar-refractivity contribution in [3.8, 4) is 50.5 Å². The number of ether oxygens (including phenoxy) is 1. The second-order valence-electron chi connectivity index (χ2n) is 16.2. The normalized spacial score (nSPS) is 17.0. The van der Waals surface area contributed by atoms with Crippen molar-refractivity contribution in [2.75, 3.05) is 0 Å². The van der Waals surface area contributed by atoms with E-state index in [0.717, 1.165) is 116 Å². The second kappa shape index (κ2) is 12.4. The number of aromatic nitrogens is 2. The molecular formula is C55H34N2O3. The second-order valence-corrected chi connectivity index (χ2v) is 16.2. The van der Waals surface area contributed by atoms with Gasteiger partial charge in [0.05, 0.1) is 27.8 Å². The minimum absolute atomic E-state index is 0.0720. The monoisotopic (exact) mass is 770 g/mol. The Balaban J connectivity index is 1.02. The van der Waals surface area contributed by atoms with Crippen LogP contribution in [0.5, 0.6) is 5.75 Å². The topological polar surface area (TPSA) is 61.3 Å². The number of hydrogen-bond donors (Lipinski definition) is 0. The van der Waals surface area contributed by atoms with E-state index in [0.29, 0.717) is 0 Å². The number of para-hydroxylation sites is 5. The number of nitrogens with zero attached hydrogens (tertiary/aromatic N) is 2. The zero-order valence-corrected chi connectivity index (χ0v) is 32.5. The standard InChI is InChI=1S/C55H34N2O3/c1-55-28-7-6-21-49(55)60-54-38(14-10-18-44(54)55)35-29-34(37-13-8-15-41-39-11-2-4-19-47(39)58-52(37)41)30-36(31-35)45-26-24-32-22-23-33-25-27-46(57-51(33)50(32)56-45)43-17-9-16-42-40-12-3-5-20-48(40)59-53(42)43/h2-31,49H,1H3. The summed E-state index contributed by atoms with van der Waals surface area (Å²) in [7, 11) is 0. The molecule has 60 heavy (non-hydrogen) atoms. The molecule has 5 nitrogen and oxygen atoms in total. The van der Waals surface area contributed by atoms with Gasteiger partial charge in [0.15, 0.2) is 0 Å². The summed E-state index contributed by atoms with van der Waals surface area (Å²) in [6.45, 7) is 2.26. The molecule has 4 aromatic heterocycles. The molecule has 0 saturated carbocycles. The van der Waals surface area contributed by atoms with Crippen LogP contribution in [0.15, 0.2) is 191 Å². The Bertz CT molecular complexity index is 3680. The Morgan fingerprint density at radius 2 is 1.03 bits per heavy atom. The zero-order valence-electron chi connectivity index (χ0n) is 32.5. The summed E-state index contributed by atoms with van der Waals surface area (Å²) in [5.74, 6) is 0.917. The predicted octanol–water partition coefficient (Wildman–Crippen LogP) is 14.4. The fourth-order valence-corrected chi connectivity index (χ4v) is 9.65. The minimum atomic E-state index is -0.247.